The van der Waals surface area contributed by atoms with E-state index in [0.29, 0.717) is 18.9 Å². The van der Waals surface area contributed by atoms with Crippen LogP contribution in [-0.4, -0.2) is 52.7 Å². The first kappa shape index (κ1) is 15.1. The minimum absolute atomic E-state index is 0.150. The normalized spacial score (nSPS) is 28.7. The monoisotopic (exact) mass is 283 g/mol. The number of nitrogens with zero attached hydrogens (tertiary/aromatic N) is 1. The average Bonchev–Trinajstić information content (AvgIpc) is 2.94. The highest BCUT2D eigenvalue weighted by atomic mass is 16.4. The Morgan fingerprint density at radius 1 is 1.35 bits per heavy atom. The third-order valence-electron chi connectivity index (χ3n) is 4.53. The molecule has 2 heterocycles. The van der Waals surface area contributed by atoms with Crippen LogP contribution in [0.1, 0.15) is 46.0 Å². The number of carbonyl (C=O) groups is 2. The predicted molar refractivity (Wildman–Crippen MR) is 75.6 cm³/mol. The summed E-state index contributed by atoms with van der Waals surface area (Å²) in [7, 11) is 0. The van der Waals surface area contributed by atoms with Crippen molar-refractivity contribution in [2.24, 2.45) is 0 Å². The first-order valence-electron chi connectivity index (χ1n) is 7.52. The molecule has 3 unspecified atom stereocenters. The summed E-state index contributed by atoms with van der Waals surface area (Å²) in [6.07, 6.45) is 4.40. The van der Waals surface area contributed by atoms with Crippen molar-refractivity contribution in [3.8, 4) is 0 Å². The number of carboxylic acid groups (broad SMARTS) is 1. The third-order valence-corrected chi connectivity index (χ3v) is 4.53. The van der Waals surface area contributed by atoms with E-state index in [1.807, 2.05) is 6.92 Å². The fraction of sp³-hybridized carbons (Fsp3) is 0.857. The van der Waals surface area contributed by atoms with Gasteiger partial charge in [-0.2, -0.15) is 0 Å². The number of nitrogens with one attached hydrogen (secondary N) is 2. The Morgan fingerprint density at radius 3 is 2.75 bits per heavy atom. The molecule has 2 saturated heterocycles. The number of fused-ring (bicyclic) bond motifs is 1. The molecule has 2 rings (SSSR count). The molecule has 0 bridgehead atoms. The van der Waals surface area contributed by atoms with E-state index in [9.17, 15) is 14.7 Å². The van der Waals surface area contributed by atoms with Crippen molar-refractivity contribution in [1.29, 1.82) is 0 Å². The molecule has 6 nitrogen and oxygen atoms in total. The summed E-state index contributed by atoms with van der Waals surface area (Å²) >= 11 is 0. The number of aliphatic carboxylic acids is 1. The van der Waals surface area contributed by atoms with Crippen molar-refractivity contribution in [2.75, 3.05) is 13.1 Å². The number of carbonyl (C=O) groups excluding carboxylic acids is 1. The van der Waals surface area contributed by atoms with Gasteiger partial charge in [0.2, 0.25) is 0 Å². The van der Waals surface area contributed by atoms with E-state index >= 15 is 0 Å². The van der Waals surface area contributed by atoms with Crippen molar-refractivity contribution in [3.05, 3.63) is 0 Å². The second-order valence-corrected chi connectivity index (χ2v) is 6.13. The summed E-state index contributed by atoms with van der Waals surface area (Å²) in [4.78, 5) is 25.8. The van der Waals surface area contributed by atoms with Gasteiger partial charge in [-0.1, -0.05) is 13.3 Å². The molecule has 0 aromatic rings. The average molecular weight is 283 g/mol. The molecule has 0 spiro atoms. The van der Waals surface area contributed by atoms with Gasteiger partial charge in [0.05, 0.1) is 0 Å². The van der Waals surface area contributed by atoms with Crippen molar-refractivity contribution in [3.63, 3.8) is 0 Å². The molecule has 114 valence electrons. The Kier molecular flexibility index (Phi) is 4.52. The number of hydrogen-bond donors (Lipinski definition) is 3. The number of urea groups is 1. The minimum atomic E-state index is -1.19. The maximum atomic E-state index is 12.1. The quantitative estimate of drug-likeness (QED) is 0.707. The van der Waals surface area contributed by atoms with Crippen LogP contribution < -0.4 is 10.6 Å². The Hall–Kier alpha value is -1.30. The zero-order chi connectivity index (χ0) is 14.8. The highest BCUT2D eigenvalue weighted by molar-refractivity contribution is 5.86. The van der Waals surface area contributed by atoms with Gasteiger partial charge in [-0.25, -0.2) is 9.59 Å². The molecule has 6 heteroatoms. The fourth-order valence-electron chi connectivity index (χ4n) is 3.43. The van der Waals surface area contributed by atoms with Gasteiger partial charge in [-0.3, -0.25) is 4.90 Å². The van der Waals surface area contributed by atoms with Crippen LogP contribution in [0, 0.1) is 0 Å². The van der Waals surface area contributed by atoms with Gasteiger partial charge in [0, 0.05) is 18.6 Å². The maximum absolute atomic E-state index is 12.1. The molecule has 3 N–H and O–H groups in total. The van der Waals surface area contributed by atoms with E-state index in [4.69, 9.17) is 0 Å². The van der Waals surface area contributed by atoms with Crippen LogP contribution in [-0.2, 0) is 4.79 Å². The molecule has 0 radical (unpaired) electrons. The lowest BCUT2D eigenvalue weighted by atomic mass is 9.96. The van der Waals surface area contributed by atoms with Gasteiger partial charge in [-0.05, 0) is 39.2 Å². The van der Waals surface area contributed by atoms with Crippen LogP contribution in [0.2, 0.25) is 0 Å². The molecular formula is C14H25N3O3. The van der Waals surface area contributed by atoms with Gasteiger partial charge in [-0.15, -0.1) is 0 Å². The number of amides is 2. The van der Waals surface area contributed by atoms with Gasteiger partial charge < -0.3 is 15.7 Å². The van der Waals surface area contributed by atoms with Gasteiger partial charge in [0.1, 0.15) is 5.54 Å². The molecule has 20 heavy (non-hydrogen) atoms. The highest BCUT2D eigenvalue weighted by Gasteiger charge is 2.39. The molecule has 0 aromatic carbocycles. The summed E-state index contributed by atoms with van der Waals surface area (Å²) in [5, 5.41) is 14.9. The molecule has 0 aliphatic carbocycles. The van der Waals surface area contributed by atoms with E-state index in [-0.39, 0.29) is 12.1 Å². The first-order valence-corrected chi connectivity index (χ1v) is 7.52. The molecule has 2 aliphatic rings. The SMILES string of the molecule is CCCC(C)(NC(=O)NC1CCN2CCCC12)C(=O)O. The van der Waals surface area contributed by atoms with E-state index in [1.54, 1.807) is 6.92 Å². The molecular weight excluding hydrogens is 258 g/mol. The molecule has 0 saturated carbocycles. The zero-order valence-electron chi connectivity index (χ0n) is 12.3. The zero-order valence-corrected chi connectivity index (χ0v) is 12.3. The van der Waals surface area contributed by atoms with Crippen LogP contribution in [0.3, 0.4) is 0 Å². The van der Waals surface area contributed by atoms with Crippen LogP contribution in [0.25, 0.3) is 0 Å². The van der Waals surface area contributed by atoms with Crippen LogP contribution in [0.15, 0.2) is 0 Å². The Morgan fingerprint density at radius 2 is 2.10 bits per heavy atom. The molecule has 0 aromatic heterocycles. The van der Waals surface area contributed by atoms with Crippen molar-refractivity contribution in [1.82, 2.24) is 15.5 Å². The fourth-order valence-corrected chi connectivity index (χ4v) is 3.43. The number of carboxylic acids is 1. The maximum Gasteiger partial charge on any atom is 0.329 e. The second kappa shape index (κ2) is 5.99. The van der Waals surface area contributed by atoms with Crippen LogP contribution in [0.4, 0.5) is 4.79 Å². The smallest absolute Gasteiger partial charge is 0.329 e. The third kappa shape index (κ3) is 3.06. The topological polar surface area (TPSA) is 81.7 Å². The summed E-state index contributed by atoms with van der Waals surface area (Å²) < 4.78 is 0. The van der Waals surface area contributed by atoms with Crippen molar-refractivity contribution >= 4 is 12.0 Å². The summed E-state index contributed by atoms with van der Waals surface area (Å²) in [6.45, 7) is 5.62. The predicted octanol–water partition coefficient (Wildman–Crippen LogP) is 1.17. The summed E-state index contributed by atoms with van der Waals surface area (Å²) in [5.74, 6) is -0.983. The lowest BCUT2D eigenvalue weighted by molar-refractivity contribution is -0.144. The van der Waals surface area contributed by atoms with Crippen molar-refractivity contribution in [2.45, 2.75) is 63.6 Å². The second-order valence-electron chi connectivity index (χ2n) is 6.13. The Bertz CT molecular complexity index is 388. The Labute approximate surface area is 119 Å². The molecule has 2 aliphatic heterocycles. The number of hydrogen-bond acceptors (Lipinski definition) is 3. The van der Waals surface area contributed by atoms with Crippen molar-refractivity contribution < 1.29 is 14.7 Å². The standard InChI is InChI=1S/C14H25N3O3/c1-3-7-14(2,12(18)19)16-13(20)15-10-6-9-17-8-4-5-11(10)17/h10-11H,3-9H2,1-2H3,(H,18,19)(H2,15,16,20). The summed E-state index contributed by atoms with van der Waals surface area (Å²) in [6, 6.07) is 0.224. The molecule has 2 fully saturated rings. The highest BCUT2D eigenvalue weighted by Crippen LogP contribution is 2.27. The van der Waals surface area contributed by atoms with E-state index in [1.165, 1.54) is 6.42 Å². The molecule has 3 atom stereocenters. The first-order chi connectivity index (χ1) is 9.46. The van der Waals surface area contributed by atoms with Crippen LogP contribution >= 0.6 is 0 Å². The largest absolute Gasteiger partial charge is 0.480 e. The van der Waals surface area contributed by atoms with E-state index in [0.717, 1.165) is 25.9 Å². The van der Waals surface area contributed by atoms with Gasteiger partial charge in [0.25, 0.3) is 0 Å². The van der Waals surface area contributed by atoms with Gasteiger partial charge in [0.15, 0.2) is 0 Å². The van der Waals surface area contributed by atoms with Crippen LogP contribution in [0.5, 0.6) is 0 Å². The minimum Gasteiger partial charge on any atom is -0.480 e. The lowest BCUT2D eigenvalue weighted by Gasteiger charge is -2.28. The van der Waals surface area contributed by atoms with Gasteiger partial charge >= 0.3 is 12.0 Å². The number of rotatable bonds is 5. The van der Waals surface area contributed by atoms with E-state index < -0.39 is 11.5 Å². The summed E-state index contributed by atoms with van der Waals surface area (Å²) in [5.41, 5.74) is -1.19. The Balaban J connectivity index is 1.90. The van der Waals surface area contributed by atoms with E-state index in [2.05, 4.69) is 15.5 Å². The lowest BCUT2D eigenvalue weighted by Crippen LogP contribution is -2.57. The molecule has 2 amide bonds.